The summed E-state index contributed by atoms with van der Waals surface area (Å²) in [6.45, 7) is 2.64. The van der Waals surface area contributed by atoms with Crippen LogP contribution in [0.15, 0.2) is 48.5 Å². The van der Waals surface area contributed by atoms with Crippen LogP contribution < -0.4 is 28.4 Å². The van der Waals surface area contributed by atoms with Gasteiger partial charge in [0.1, 0.15) is 12.4 Å². The minimum atomic E-state index is -0.463. The number of nitrogens with zero attached hydrogens (tertiary/aromatic N) is 1. The van der Waals surface area contributed by atoms with Gasteiger partial charge in [0, 0.05) is 12.1 Å². The molecule has 41 heavy (non-hydrogen) atoms. The Balaban J connectivity index is 1.70. The molecule has 0 spiro atoms. The number of fused-ring (bicyclic) bond motifs is 1. The summed E-state index contributed by atoms with van der Waals surface area (Å²) in [7, 11) is 7.69. The number of rotatable bonds is 11. The van der Waals surface area contributed by atoms with Gasteiger partial charge in [-0.1, -0.05) is 0 Å². The molecule has 0 radical (unpaired) electrons. The van der Waals surface area contributed by atoms with Crippen molar-refractivity contribution in [2.24, 2.45) is 0 Å². The van der Waals surface area contributed by atoms with Gasteiger partial charge in [-0.2, -0.15) is 0 Å². The molecule has 10 heteroatoms. The Kier molecular flexibility index (Phi) is 9.44. The lowest BCUT2D eigenvalue weighted by Crippen LogP contribution is -2.42. The number of benzene rings is 3. The van der Waals surface area contributed by atoms with Gasteiger partial charge in [-0.25, -0.2) is 4.79 Å². The Morgan fingerprint density at radius 3 is 1.95 bits per heavy atom. The summed E-state index contributed by atoms with van der Waals surface area (Å²) in [4.78, 5) is 27.8. The van der Waals surface area contributed by atoms with E-state index in [0.29, 0.717) is 65.2 Å². The first-order valence-corrected chi connectivity index (χ1v) is 13.1. The second kappa shape index (κ2) is 13.2. The molecule has 0 saturated heterocycles. The second-order valence-corrected chi connectivity index (χ2v) is 9.14. The van der Waals surface area contributed by atoms with E-state index in [4.69, 9.17) is 33.2 Å². The standard InChI is InChI=1S/C31H35NO9/c1-7-40-31(34)19-8-10-22(11-9-19)41-18-24-23-17-26(36-3)25(35-2)14-20(23)12-13-32(24)30(33)21-15-27(37-4)29(39-6)28(16-21)38-5/h8-11,14-17,24H,7,12-13,18H2,1-6H3. The highest BCUT2D eigenvalue weighted by molar-refractivity contribution is 5.96. The van der Waals surface area contributed by atoms with Gasteiger partial charge in [-0.15, -0.1) is 0 Å². The zero-order valence-electron chi connectivity index (χ0n) is 24.1. The Morgan fingerprint density at radius 2 is 1.39 bits per heavy atom. The van der Waals surface area contributed by atoms with E-state index in [1.165, 1.54) is 21.3 Å². The Bertz CT molecular complexity index is 1360. The summed E-state index contributed by atoms with van der Waals surface area (Å²) in [5, 5.41) is 0. The van der Waals surface area contributed by atoms with E-state index in [1.807, 2.05) is 12.1 Å². The summed E-state index contributed by atoms with van der Waals surface area (Å²) >= 11 is 0. The molecular formula is C31H35NO9. The molecule has 1 heterocycles. The van der Waals surface area contributed by atoms with Gasteiger partial charge >= 0.3 is 5.97 Å². The molecule has 1 unspecified atom stereocenters. The van der Waals surface area contributed by atoms with Crippen molar-refractivity contribution in [2.45, 2.75) is 19.4 Å². The molecule has 0 N–H and O–H groups in total. The quantitative estimate of drug-likeness (QED) is 0.306. The summed E-state index contributed by atoms with van der Waals surface area (Å²) in [6, 6.07) is 13.3. The number of methoxy groups -OCH3 is 5. The van der Waals surface area contributed by atoms with Crippen molar-refractivity contribution < 1.29 is 42.7 Å². The molecule has 1 aliphatic rings. The Hall–Kier alpha value is -4.60. The van der Waals surface area contributed by atoms with Crippen molar-refractivity contribution in [2.75, 3.05) is 55.3 Å². The fourth-order valence-electron chi connectivity index (χ4n) is 4.90. The molecule has 3 aromatic rings. The number of hydrogen-bond acceptors (Lipinski definition) is 9. The van der Waals surface area contributed by atoms with Gasteiger partial charge in [0.2, 0.25) is 5.75 Å². The number of esters is 1. The maximum absolute atomic E-state index is 14.0. The lowest BCUT2D eigenvalue weighted by atomic mass is 9.91. The van der Waals surface area contributed by atoms with Gasteiger partial charge in [0.25, 0.3) is 5.91 Å². The van der Waals surface area contributed by atoms with Crippen LogP contribution >= 0.6 is 0 Å². The number of amides is 1. The third kappa shape index (κ3) is 6.11. The smallest absolute Gasteiger partial charge is 0.338 e. The second-order valence-electron chi connectivity index (χ2n) is 9.14. The zero-order valence-corrected chi connectivity index (χ0v) is 24.1. The fraction of sp³-hybridized carbons (Fsp3) is 0.355. The van der Waals surface area contributed by atoms with Crippen LogP contribution in [-0.2, 0) is 11.2 Å². The lowest BCUT2D eigenvalue weighted by molar-refractivity contribution is 0.0524. The van der Waals surface area contributed by atoms with E-state index in [1.54, 1.807) is 62.4 Å². The highest BCUT2D eigenvalue weighted by Crippen LogP contribution is 2.41. The summed E-state index contributed by atoms with van der Waals surface area (Å²) in [5.74, 6) is 2.26. The third-order valence-corrected chi connectivity index (χ3v) is 6.95. The Morgan fingerprint density at radius 1 is 0.780 bits per heavy atom. The van der Waals surface area contributed by atoms with E-state index in [0.717, 1.165) is 11.1 Å². The molecule has 1 aliphatic heterocycles. The van der Waals surface area contributed by atoms with Crippen LogP contribution in [0.25, 0.3) is 0 Å². The maximum atomic E-state index is 14.0. The van der Waals surface area contributed by atoms with Crippen molar-refractivity contribution >= 4 is 11.9 Å². The topological polar surface area (TPSA) is 102 Å². The van der Waals surface area contributed by atoms with Crippen molar-refractivity contribution in [3.05, 3.63) is 70.8 Å². The average molecular weight is 566 g/mol. The van der Waals surface area contributed by atoms with Crippen LogP contribution in [0.2, 0.25) is 0 Å². The summed E-state index contributed by atoms with van der Waals surface area (Å²) < 4.78 is 38.7. The summed E-state index contributed by atoms with van der Waals surface area (Å²) in [6.07, 6.45) is 0.608. The molecule has 0 aromatic heterocycles. The highest BCUT2D eigenvalue weighted by Gasteiger charge is 2.34. The SMILES string of the molecule is CCOC(=O)c1ccc(OCC2c3cc(OC)c(OC)cc3CCN2C(=O)c2cc(OC)c(OC)c(OC)c2)cc1. The van der Waals surface area contributed by atoms with Crippen LogP contribution in [0.3, 0.4) is 0 Å². The summed E-state index contributed by atoms with van der Waals surface area (Å²) in [5.41, 5.74) is 2.73. The zero-order chi connectivity index (χ0) is 29.5. The first-order chi connectivity index (χ1) is 19.9. The average Bonchev–Trinajstić information content (AvgIpc) is 3.01. The maximum Gasteiger partial charge on any atom is 0.338 e. The molecule has 218 valence electrons. The monoisotopic (exact) mass is 565 g/mol. The fourth-order valence-corrected chi connectivity index (χ4v) is 4.90. The number of carbonyl (C=O) groups excluding carboxylic acids is 2. The van der Waals surface area contributed by atoms with Crippen LogP contribution in [0.5, 0.6) is 34.5 Å². The lowest BCUT2D eigenvalue weighted by Gasteiger charge is -2.37. The van der Waals surface area contributed by atoms with Gasteiger partial charge in [0.05, 0.1) is 53.8 Å². The molecule has 10 nitrogen and oxygen atoms in total. The minimum absolute atomic E-state index is 0.150. The van der Waals surface area contributed by atoms with Gasteiger partial charge in [0.15, 0.2) is 23.0 Å². The molecule has 4 rings (SSSR count). The third-order valence-electron chi connectivity index (χ3n) is 6.95. The van der Waals surface area contributed by atoms with E-state index in [-0.39, 0.29) is 12.5 Å². The Labute approximate surface area is 239 Å². The molecular weight excluding hydrogens is 530 g/mol. The number of carbonyl (C=O) groups is 2. The molecule has 0 bridgehead atoms. The van der Waals surface area contributed by atoms with Crippen LogP contribution in [0, 0.1) is 0 Å². The van der Waals surface area contributed by atoms with Gasteiger partial charge in [-0.05, 0) is 73.0 Å². The van der Waals surface area contributed by atoms with E-state index >= 15 is 0 Å². The largest absolute Gasteiger partial charge is 0.493 e. The molecule has 3 aromatic carbocycles. The van der Waals surface area contributed by atoms with Crippen molar-refractivity contribution in [3.63, 3.8) is 0 Å². The molecule has 0 aliphatic carbocycles. The molecule has 0 saturated carbocycles. The number of ether oxygens (including phenoxy) is 7. The van der Waals surface area contributed by atoms with Crippen LogP contribution in [0.1, 0.15) is 44.8 Å². The van der Waals surface area contributed by atoms with Crippen molar-refractivity contribution in [3.8, 4) is 34.5 Å². The molecule has 1 atom stereocenters. The number of hydrogen-bond donors (Lipinski definition) is 0. The van der Waals surface area contributed by atoms with E-state index < -0.39 is 12.0 Å². The predicted molar refractivity (Wildman–Crippen MR) is 151 cm³/mol. The minimum Gasteiger partial charge on any atom is -0.493 e. The van der Waals surface area contributed by atoms with Crippen LogP contribution in [0.4, 0.5) is 0 Å². The first-order valence-electron chi connectivity index (χ1n) is 13.1. The van der Waals surface area contributed by atoms with E-state index in [2.05, 4.69) is 0 Å². The predicted octanol–water partition coefficient (Wildman–Crippen LogP) is 4.72. The van der Waals surface area contributed by atoms with Crippen LogP contribution in [-0.4, -0.2) is 72.1 Å². The highest BCUT2D eigenvalue weighted by atomic mass is 16.5. The van der Waals surface area contributed by atoms with Crippen molar-refractivity contribution in [1.29, 1.82) is 0 Å². The van der Waals surface area contributed by atoms with E-state index in [9.17, 15) is 9.59 Å². The van der Waals surface area contributed by atoms with Gasteiger partial charge in [-0.3, -0.25) is 4.79 Å². The van der Waals surface area contributed by atoms with Gasteiger partial charge < -0.3 is 38.1 Å². The molecule has 1 amide bonds. The van der Waals surface area contributed by atoms with Crippen molar-refractivity contribution in [1.82, 2.24) is 4.90 Å². The first kappa shape index (κ1) is 29.4. The molecule has 0 fully saturated rings. The normalized spacial score (nSPS) is 14.0.